The van der Waals surface area contributed by atoms with E-state index in [2.05, 4.69) is 5.10 Å². The molecule has 0 heterocycles. The Balaban J connectivity index is 3.38. The lowest BCUT2D eigenvalue weighted by molar-refractivity contribution is -0.150. The zero-order valence-electron chi connectivity index (χ0n) is 15.2. The molecule has 0 aliphatic carbocycles. The predicted molar refractivity (Wildman–Crippen MR) is 101 cm³/mol. The highest BCUT2D eigenvalue weighted by atomic mass is 16.4. The summed E-state index contributed by atoms with van der Waals surface area (Å²) in [5.74, 6) is 0.370. The van der Waals surface area contributed by atoms with E-state index in [1.165, 1.54) is 6.21 Å². The third kappa shape index (κ3) is 5.44. The van der Waals surface area contributed by atoms with Gasteiger partial charge in [0.25, 0.3) is 0 Å². The number of carbonyl (C=O) groups is 4. The second-order valence-electron chi connectivity index (χ2n) is 6.33. The summed E-state index contributed by atoms with van der Waals surface area (Å²) in [7, 11) is 0. The van der Waals surface area contributed by atoms with E-state index in [1.54, 1.807) is 24.3 Å². The summed E-state index contributed by atoms with van der Waals surface area (Å²) in [5, 5.41) is 22.0. The minimum Gasteiger partial charge on any atom is -0.481 e. The van der Waals surface area contributed by atoms with Gasteiger partial charge in [-0.3, -0.25) is 9.59 Å². The molecular formula is C18H24N4O6. The molecule has 0 aliphatic rings. The number of Topliss-reactive ketones (excluding diaryl/α,β-unsaturated/α-hetero) is 1. The molecule has 0 amide bonds. The fourth-order valence-electron chi connectivity index (χ4n) is 2.96. The van der Waals surface area contributed by atoms with E-state index in [9.17, 15) is 24.3 Å². The molecule has 1 rings (SSSR count). The van der Waals surface area contributed by atoms with Crippen LogP contribution in [0.5, 0.6) is 0 Å². The Bertz CT molecular complexity index is 749. The van der Waals surface area contributed by atoms with Crippen molar-refractivity contribution < 1.29 is 29.4 Å². The van der Waals surface area contributed by atoms with Gasteiger partial charge in [0.15, 0.2) is 11.3 Å². The first-order chi connectivity index (χ1) is 13.2. The molecule has 8 N–H and O–H groups in total. The Morgan fingerprint density at radius 2 is 1.79 bits per heavy atom. The summed E-state index contributed by atoms with van der Waals surface area (Å²) in [6.07, 6.45) is 1.29. The number of hydrogen-bond acceptors (Lipinski definition) is 8. The van der Waals surface area contributed by atoms with Crippen LogP contribution < -0.4 is 17.3 Å². The molecule has 3 atom stereocenters. The van der Waals surface area contributed by atoms with E-state index in [1.807, 2.05) is 0 Å². The highest BCUT2D eigenvalue weighted by Gasteiger charge is 2.50. The van der Waals surface area contributed by atoms with Crippen LogP contribution in [0.25, 0.3) is 0 Å². The van der Waals surface area contributed by atoms with Gasteiger partial charge in [-0.2, -0.15) is 5.10 Å². The lowest BCUT2D eigenvalue weighted by Gasteiger charge is -2.34. The molecule has 0 aliphatic heterocycles. The van der Waals surface area contributed by atoms with Crippen LogP contribution in [0.4, 0.5) is 0 Å². The highest BCUT2D eigenvalue weighted by molar-refractivity contribution is 6.11. The molecule has 0 saturated carbocycles. The van der Waals surface area contributed by atoms with E-state index >= 15 is 0 Å². The zero-order valence-corrected chi connectivity index (χ0v) is 15.2. The first kappa shape index (κ1) is 22.9. The number of carbonyl (C=O) groups excluding carboxylic acids is 2. The van der Waals surface area contributed by atoms with Gasteiger partial charge < -0.3 is 32.3 Å². The molecule has 28 heavy (non-hydrogen) atoms. The normalized spacial score (nSPS) is 15.5. The quantitative estimate of drug-likeness (QED) is 0.103. The SMILES string of the molecule is NN=Cc1ccc(C(CCCC(=O)O)C(N)(C(=O)O)C(=O)C(N)CC=O)cc1. The fraction of sp³-hybridized carbons (Fsp3) is 0.389. The van der Waals surface area contributed by atoms with Crippen LogP contribution >= 0.6 is 0 Å². The molecule has 10 nitrogen and oxygen atoms in total. The van der Waals surface area contributed by atoms with Crippen molar-refractivity contribution in [1.29, 1.82) is 0 Å². The number of hydrogen-bond donors (Lipinski definition) is 5. The topological polar surface area (TPSA) is 199 Å². The van der Waals surface area contributed by atoms with Crippen molar-refractivity contribution in [3.05, 3.63) is 35.4 Å². The van der Waals surface area contributed by atoms with Crippen molar-refractivity contribution in [2.75, 3.05) is 0 Å². The van der Waals surface area contributed by atoms with E-state index in [0.717, 1.165) is 0 Å². The second-order valence-corrected chi connectivity index (χ2v) is 6.33. The maximum absolute atomic E-state index is 12.7. The first-order valence-electron chi connectivity index (χ1n) is 8.49. The lowest BCUT2D eigenvalue weighted by atomic mass is 9.72. The molecule has 3 unspecified atom stereocenters. The van der Waals surface area contributed by atoms with Crippen molar-refractivity contribution in [3.63, 3.8) is 0 Å². The Hall–Kier alpha value is -3.11. The van der Waals surface area contributed by atoms with Crippen molar-refractivity contribution in [2.24, 2.45) is 22.4 Å². The average molecular weight is 392 g/mol. The van der Waals surface area contributed by atoms with Crippen LogP contribution in [0.2, 0.25) is 0 Å². The number of carboxylic acid groups (broad SMARTS) is 2. The number of aliphatic carboxylic acids is 2. The Labute approximate surface area is 161 Å². The third-order valence-corrected chi connectivity index (χ3v) is 4.44. The van der Waals surface area contributed by atoms with Crippen molar-refractivity contribution in [3.8, 4) is 0 Å². The summed E-state index contributed by atoms with van der Waals surface area (Å²) >= 11 is 0. The number of aldehydes is 1. The highest BCUT2D eigenvalue weighted by Crippen LogP contribution is 2.34. The van der Waals surface area contributed by atoms with E-state index < -0.39 is 35.2 Å². The van der Waals surface area contributed by atoms with Gasteiger partial charge in [-0.1, -0.05) is 24.3 Å². The van der Waals surface area contributed by atoms with Crippen molar-refractivity contribution in [2.45, 2.75) is 43.2 Å². The monoisotopic (exact) mass is 392 g/mol. The van der Waals surface area contributed by atoms with Crippen LogP contribution in [0.15, 0.2) is 29.4 Å². The van der Waals surface area contributed by atoms with Gasteiger partial charge in [0.2, 0.25) is 0 Å². The molecule has 0 bridgehead atoms. The van der Waals surface area contributed by atoms with Crippen LogP contribution in [0.3, 0.4) is 0 Å². The summed E-state index contributed by atoms with van der Waals surface area (Å²) < 4.78 is 0. The van der Waals surface area contributed by atoms with Crippen molar-refractivity contribution >= 4 is 30.2 Å². The van der Waals surface area contributed by atoms with Gasteiger partial charge in [0, 0.05) is 18.8 Å². The molecule has 0 radical (unpaired) electrons. The Kier molecular flexibility index (Phi) is 8.42. The molecule has 0 aromatic heterocycles. The minimum atomic E-state index is -2.43. The summed E-state index contributed by atoms with van der Waals surface area (Å²) in [6, 6.07) is 4.95. The first-order valence-corrected chi connectivity index (χ1v) is 8.49. The molecule has 152 valence electrons. The number of ketones is 1. The van der Waals surface area contributed by atoms with Crippen molar-refractivity contribution in [1.82, 2.24) is 0 Å². The smallest absolute Gasteiger partial charge is 0.332 e. The number of nitrogens with zero attached hydrogens (tertiary/aromatic N) is 1. The molecule has 10 heteroatoms. The van der Waals surface area contributed by atoms with Gasteiger partial charge in [-0.25, -0.2) is 4.79 Å². The number of carboxylic acids is 2. The van der Waals surface area contributed by atoms with Gasteiger partial charge >= 0.3 is 11.9 Å². The summed E-state index contributed by atoms with van der Waals surface area (Å²) in [6.45, 7) is 0. The van der Waals surface area contributed by atoms with Crippen LogP contribution in [-0.2, 0) is 19.2 Å². The summed E-state index contributed by atoms with van der Waals surface area (Å²) in [5.41, 5.74) is 10.3. The molecular weight excluding hydrogens is 368 g/mol. The molecule has 1 aromatic rings. The predicted octanol–water partition coefficient (Wildman–Crippen LogP) is -0.415. The van der Waals surface area contributed by atoms with Gasteiger partial charge in [0.1, 0.15) is 6.29 Å². The number of benzene rings is 1. The standard InChI is InChI=1S/C18H24N4O6/c19-14(8-9-23)16(26)18(20,17(27)28)13(2-1-3-15(24)25)12-6-4-11(5-7-12)10-22-21/h4-7,9-10,13-14H,1-3,8,19-21H2,(H,24,25)(H,27,28). The minimum absolute atomic E-state index is 0.0129. The van der Waals surface area contributed by atoms with Gasteiger partial charge in [-0.05, 0) is 24.0 Å². The maximum atomic E-state index is 12.7. The van der Waals surface area contributed by atoms with Gasteiger partial charge in [0.05, 0.1) is 12.3 Å². The van der Waals surface area contributed by atoms with Crippen LogP contribution in [-0.4, -0.2) is 52.0 Å². The average Bonchev–Trinajstić information content (AvgIpc) is 2.65. The molecule has 0 fully saturated rings. The molecule has 1 aromatic carbocycles. The largest absolute Gasteiger partial charge is 0.481 e. The maximum Gasteiger partial charge on any atom is 0.332 e. The van der Waals surface area contributed by atoms with E-state index in [0.29, 0.717) is 17.4 Å². The number of nitrogens with two attached hydrogens (primary N) is 3. The number of rotatable bonds is 12. The van der Waals surface area contributed by atoms with Gasteiger partial charge in [-0.15, -0.1) is 0 Å². The van der Waals surface area contributed by atoms with E-state index in [4.69, 9.17) is 22.4 Å². The summed E-state index contributed by atoms with van der Waals surface area (Å²) in [4.78, 5) is 46.3. The van der Waals surface area contributed by atoms with Crippen LogP contribution in [0.1, 0.15) is 42.7 Å². The van der Waals surface area contributed by atoms with Crippen LogP contribution in [0, 0.1) is 0 Å². The Morgan fingerprint density at radius 1 is 1.18 bits per heavy atom. The van der Waals surface area contributed by atoms with E-state index in [-0.39, 0.29) is 25.7 Å². The second kappa shape index (κ2) is 10.3. The Morgan fingerprint density at radius 3 is 2.25 bits per heavy atom. The lowest BCUT2D eigenvalue weighted by Crippen LogP contribution is -2.63. The molecule has 0 saturated heterocycles. The fourth-order valence-corrected chi connectivity index (χ4v) is 2.96. The third-order valence-electron chi connectivity index (χ3n) is 4.44. The molecule has 0 spiro atoms. The number of hydrazone groups is 1. The zero-order chi connectivity index (χ0) is 21.3.